The second kappa shape index (κ2) is 8.63. The van der Waals surface area contributed by atoms with Gasteiger partial charge >= 0.3 is 11.8 Å². The maximum absolute atomic E-state index is 13.4. The van der Waals surface area contributed by atoms with E-state index in [2.05, 4.69) is 14.9 Å². The van der Waals surface area contributed by atoms with Crippen molar-refractivity contribution in [3.63, 3.8) is 0 Å². The molecule has 0 unspecified atom stereocenters. The van der Waals surface area contributed by atoms with Gasteiger partial charge in [0.1, 0.15) is 0 Å². The number of ether oxygens (including phenoxy) is 1. The lowest BCUT2D eigenvalue weighted by atomic mass is 10.1. The van der Waals surface area contributed by atoms with Gasteiger partial charge in [0.25, 0.3) is 10.0 Å². The van der Waals surface area contributed by atoms with E-state index in [0.29, 0.717) is 37.4 Å². The minimum Gasteiger partial charge on any atom is -0.378 e. The van der Waals surface area contributed by atoms with E-state index in [9.17, 15) is 22.0 Å². The number of anilines is 1. The number of sulfonamides is 1. The van der Waals surface area contributed by atoms with Crippen molar-refractivity contribution in [3.05, 3.63) is 59.5 Å². The maximum atomic E-state index is 13.4. The number of morpholine rings is 1. The summed E-state index contributed by atoms with van der Waals surface area (Å²) in [5.74, 6) is -2.89. The molecule has 12 heteroatoms. The Bertz CT molecular complexity index is 1270. The molecule has 4 rings (SSSR count). The molecule has 1 amide bonds. The van der Waals surface area contributed by atoms with Gasteiger partial charge in [0.05, 0.1) is 23.8 Å². The number of amides is 1. The van der Waals surface area contributed by atoms with E-state index in [0.717, 1.165) is 18.2 Å². The summed E-state index contributed by atoms with van der Waals surface area (Å²) in [6, 6.07) is 7.11. The van der Waals surface area contributed by atoms with Crippen molar-refractivity contribution in [3.8, 4) is 11.4 Å². The SMILES string of the molecule is Cc1ccc(-c2noc(C(=O)N3CCOCC3)n2)cc1S(=O)(=O)Nc1ccc(F)c(F)c1. The quantitative estimate of drug-likeness (QED) is 0.617. The van der Waals surface area contributed by atoms with E-state index in [1.165, 1.54) is 17.0 Å². The highest BCUT2D eigenvalue weighted by Crippen LogP contribution is 2.26. The number of nitrogens with zero attached hydrogens (tertiary/aromatic N) is 3. The topological polar surface area (TPSA) is 115 Å². The van der Waals surface area contributed by atoms with Crippen LogP contribution in [0.1, 0.15) is 16.2 Å². The summed E-state index contributed by atoms with van der Waals surface area (Å²) in [5, 5.41) is 3.79. The molecule has 1 aliphatic rings. The van der Waals surface area contributed by atoms with E-state index in [1.807, 2.05) is 0 Å². The average Bonchev–Trinajstić information content (AvgIpc) is 3.26. The van der Waals surface area contributed by atoms with Crippen molar-refractivity contribution in [2.45, 2.75) is 11.8 Å². The largest absolute Gasteiger partial charge is 0.378 e. The van der Waals surface area contributed by atoms with Gasteiger partial charge < -0.3 is 14.2 Å². The van der Waals surface area contributed by atoms with Crippen molar-refractivity contribution in [2.75, 3.05) is 31.0 Å². The van der Waals surface area contributed by atoms with Crippen molar-refractivity contribution in [1.82, 2.24) is 15.0 Å². The molecule has 1 aromatic heterocycles. The summed E-state index contributed by atoms with van der Waals surface area (Å²) in [4.78, 5) is 18.0. The molecule has 0 radical (unpaired) electrons. The number of carbonyl (C=O) groups excluding carboxylic acids is 1. The van der Waals surface area contributed by atoms with E-state index < -0.39 is 27.6 Å². The zero-order chi connectivity index (χ0) is 22.9. The van der Waals surface area contributed by atoms with Crippen LogP contribution in [0.5, 0.6) is 0 Å². The van der Waals surface area contributed by atoms with Gasteiger partial charge in [-0.05, 0) is 30.7 Å². The van der Waals surface area contributed by atoms with Gasteiger partial charge in [-0.1, -0.05) is 17.3 Å². The first-order valence-electron chi connectivity index (χ1n) is 9.54. The minimum absolute atomic E-state index is 0.0332. The van der Waals surface area contributed by atoms with E-state index >= 15 is 0 Å². The molecule has 32 heavy (non-hydrogen) atoms. The second-order valence-corrected chi connectivity index (χ2v) is 8.69. The van der Waals surface area contributed by atoms with Crippen molar-refractivity contribution in [1.29, 1.82) is 0 Å². The fourth-order valence-electron chi connectivity index (χ4n) is 3.13. The third-order valence-electron chi connectivity index (χ3n) is 4.81. The number of hydrogen-bond donors (Lipinski definition) is 1. The Morgan fingerprint density at radius 1 is 1.09 bits per heavy atom. The number of benzene rings is 2. The van der Waals surface area contributed by atoms with Crippen LogP contribution in [0.3, 0.4) is 0 Å². The summed E-state index contributed by atoms with van der Waals surface area (Å²) in [5.41, 5.74) is 0.564. The molecule has 1 saturated heterocycles. The van der Waals surface area contributed by atoms with Gasteiger partial charge in [-0.25, -0.2) is 17.2 Å². The Balaban J connectivity index is 1.60. The molecule has 2 heterocycles. The first-order valence-corrected chi connectivity index (χ1v) is 11.0. The smallest absolute Gasteiger partial charge is 0.316 e. The van der Waals surface area contributed by atoms with Gasteiger partial charge in [0.15, 0.2) is 11.6 Å². The standard InChI is InChI=1S/C20H18F2N4O5S/c1-12-2-3-13(18-23-19(31-24-18)20(27)26-6-8-30-9-7-26)10-17(12)32(28,29)25-14-4-5-15(21)16(22)11-14/h2-5,10-11,25H,6-9H2,1H3. The molecule has 0 aliphatic carbocycles. The van der Waals surface area contributed by atoms with E-state index in [4.69, 9.17) is 9.26 Å². The lowest BCUT2D eigenvalue weighted by Gasteiger charge is -2.25. The molecule has 0 spiro atoms. The van der Waals surface area contributed by atoms with Crippen molar-refractivity contribution < 1.29 is 31.3 Å². The second-order valence-electron chi connectivity index (χ2n) is 7.04. The molecule has 0 bridgehead atoms. The third-order valence-corrected chi connectivity index (χ3v) is 6.34. The highest BCUT2D eigenvalue weighted by Gasteiger charge is 2.25. The molecule has 2 aromatic carbocycles. The Kier molecular flexibility index (Phi) is 5.89. The summed E-state index contributed by atoms with van der Waals surface area (Å²) < 4.78 is 64.8. The van der Waals surface area contributed by atoms with Crippen LogP contribution in [0.2, 0.25) is 0 Å². The van der Waals surface area contributed by atoms with Crippen LogP contribution in [-0.2, 0) is 14.8 Å². The van der Waals surface area contributed by atoms with Crippen LogP contribution in [-0.4, -0.2) is 55.7 Å². The van der Waals surface area contributed by atoms with Crippen LogP contribution in [0.25, 0.3) is 11.4 Å². The lowest BCUT2D eigenvalue weighted by molar-refractivity contribution is 0.0272. The van der Waals surface area contributed by atoms with E-state index in [1.54, 1.807) is 13.0 Å². The molecular weight excluding hydrogens is 446 g/mol. The predicted octanol–water partition coefficient (Wildman–Crippen LogP) is 2.60. The fraction of sp³-hybridized carbons (Fsp3) is 0.250. The molecular formula is C20H18F2N4O5S. The summed E-state index contributed by atoms with van der Waals surface area (Å²) >= 11 is 0. The predicted molar refractivity (Wildman–Crippen MR) is 108 cm³/mol. The average molecular weight is 464 g/mol. The summed E-state index contributed by atoms with van der Waals surface area (Å²) in [6.45, 7) is 3.21. The number of aryl methyl sites for hydroxylation is 1. The molecule has 9 nitrogen and oxygen atoms in total. The summed E-state index contributed by atoms with van der Waals surface area (Å²) in [7, 11) is -4.15. The Hall–Kier alpha value is -3.38. The molecule has 3 aromatic rings. The lowest BCUT2D eigenvalue weighted by Crippen LogP contribution is -2.40. The third kappa shape index (κ3) is 4.46. The number of nitrogens with one attached hydrogen (secondary N) is 1. The maximum Gasteiger partial charge on any atom is 0.316 e. The fourth-order valence-corrected chi connectivity index (χ4v) is 4.45. The Morgan fingerprint density at radius 3 is 2.56 bits per heavy atom. The van der Waals surface area contributed by atoms with Gasteiger partial charge in [-0.2, -0.15) is 4.98 Å². The van der Waals surface area contributed by atoms with Crippen molar-refractivity contribution >= 4 is 21.6 Å². The highest BCUT2D eigenvalue weighted by atomic mass is 32.2. The molecule has 0 saturated carbocycles. The zero-order valence-corrected chi connectivity index (χ0v) is 17.7. The number of hydrogen-bond acceptors (Lipinski definition) is 7. The number of halogens is 2. The molecule has 0 atom stereocenters. The minimum atomic E-state index is -4.15. The van der Waals surface area contributed by atoms with Crippen LogP contribution >= 0.6 is 0 Å². The van der Waals surface area contributed by atoms with Gasteiger partial charge in [0.2, 0.25) is 5.82 Å². The number of aromatic nitrogens is 2. The Morgan fingerprint density at radius 2 is 1.84 bits per heavy atom. The van der Waals surface area contributed by atoms with E-state index in [-0.39, 0.29) is 22.3 Å². The van der Waals surface area contributed by atoms with Crippen LogP contribution in [0, 0.1) is 18.6 Å². The van der Waals surface area contributed by atoms with Crippen molar-refractivity contribution in [2.24, 2.45) is 0 Å². The molecule has 1 fully saturated rings. The molecule has 168 valence electrons. The van der Waals surface area contributed by atoms with Gasteiger partial charge in [-0.15, -0.1) is 0 Å². The zero-order valence-electron chi connectivity index (χ0n) is 16.8. The van der Waals surface area contributed by atoms with Crippen LogP contribution in [0.4, 0.5) is 14.5 Å². The Labute approximate surface area is 182 Å². The normalized spacial score (nSPS) is 14.4. The number of rotatable bonds is 5. The first kappa shape index (κ1) is 21.8. The van der Waals surface area contributed by atoms with Crippen LogP contribution in [0.15, 0.2) is 45.8 Å². The highest BCUT2D eigenvalue weighted by molar-refractivity contribution is 7.92. The monoisotopic (exact) mass is 464 g/mol. The summed E-state index contributed by atoms with van der Waals surface area (Å²) in [6.07, 6.45) is 0. The number of carbonyl (C=O) groups is 1. The first-order chi connectivity index (χ1) is 15.2. The molecule has 1 N–H and O–H groups in total. The van der Waals surface area contributed by atoms with Gasteiger partial charge in [-0.3, -0.25) is 9.52 Å². The van der Waals surface area contributed by atoms with Gasteiger partial charge in [0, 0.05) is 24.7 Å². The van der Waals surface area contributed by atoms with Crippen LogP contribution < -0.4 is 4.72 Å². The molecule has 1 aliphatic heterocycles.